The van der Waals surface area contributed by atoms with E-state index in [0.717, 1.165) is 27.7 Å². The van der Waals surface area contributed by atoms with E-state index in [1.165, 1.54) is 5.56 Å². The van der Waals surface area contributed by atoms with E-state index in [9.17, 15) is 14.4 Å². The highest BCUT2D eigenvalue weighted by atomic mass is 16.2. The molecule has 192 valence electrons. The largest absolute Gasteiger partial charge is 0.367 e. The summed E-state index contributed by atoms with van der Waals surface area (Å²) in [4.78, 5) is 44.3. The molecule has 0 fully saturated rings. The second-order valence-corrected chi connectivity index (χ2v) is 11.9. The molecule has 2 atom stereocenters. The van der Waals surface area contributed by atoms with Crippen molar-refractivity contribution in [2.75, 3.05) is 23.9 Å². The molecule has 0 bridgehead atoms. The molecule has 2 heterocycles. The van der Waals surface area contributed by atoms with Crippen molar-refractivity contribution in [1.82, 2.24) is 0 Å². The summed E-state index contributed by atoms with van der Waals surface area (Å²) in [6, 6.07) is 20.1. The van der Waals surface area contributed by atoms with Crippen LogP contribution in [-0.4, -0.2) is 26.2 Å². The number of hydrogen-bond donors (Lipinski definition) is 0. The number of likely N-dealkylation sites (N-methyl/N-ethyl adjacent to an activating group) is 2. The van der Waals surface area contributed by atoms with Crippen LogP contribution < -0.4 is 36.5 Å². The lowest BCUT2D eigenvalue weighted by molar-refractivity contribution is 0.504. The first-order valence-electron chi connectivity index (χ1n) is 13.1. The molecule has 0 spiro atoms. The highest BCUT2D eigenvalue weighted by molar-refractivity contribution is 5.94. The van der Waals surface area contributed by atoms with Crippen LogP contribution in [0.3, 0.4) is 0 Å². The smallest absolute Gasteiger partial charge is 0.237 e. The van der Waals surface area contributed by atoms with Gasteiger partial charge in [0.1, 0.15) is 0 Å². The summed E-state index contributed by atoms with van der Waals surface area (Å²) in [7, 11) is 3.95. The van der Waals surface area contributed by atoms with Gasteiger partial charge in [0.25, 0.3) is 0 Å². The fourth-order valence-electron chi connectivity index (χ4n) is 6.99. The van der Waals surface area contributed by atoms with Crippen molar-refractivity contribution in [3.05, 3.63) is 113 Å². The predicted molar refractivity (Wildman–Crippen MR) is 157 cm³/mol. The summed E-state index contributed by atoms with van der Waals surface area (Å²) >= 11 is 0. The number of para-hydroxylation sites is 1. The second kappa shape index (κ2) is 8.00. The molecule has 38 heavy (non-hydrogen) atoms. The van der Waals surface area contributed by atoms with E-state index >= 15 is 0 Å². The maximum Gasteiger partial charge on any atom is 0.237 e. The first kappa shape index (κ1) is 24.4. The van der Waals surface area contributed by atoms with Gasteiger partial charge in [-0.2, -0.15) is 0 Å². The van der Waals surface area contributed by atoms with Crippen molar-refractivity contribution >= 4 is 34.3 Å². The minimum atomic E-state index is -0.706. The lowest BCUT2D eigenvalue weighted by Crippen LogP contribution is -2.45. The van der Waals surface area contributed by atoms with Gasteiger partial charge < -0.3 is 9.80 Å². The third-order valence-corrected chi connectivity index (χ3v) is 9.06. The fourth-order valence-corrected chi connectivity index (χ4v) is 6.99. The van der Waals surface area contributed by atoms with Gasteiger partial charge in [0, 0.05) is 36.3 Å². The summed E-state index contributed by atoms with van der Waals surface area (Å²) < 4.78 is 0. The van der Waals surface area contributed by atoms with Crippen molar-refractivity contribution < 1.29 is 0 Å². The van der Waals surface area contributed by atoms with Crippen LogP contribution in [0.15, 0.2) is 75.0 Å². The van der Waals surface area contributed by atoms with Crippen LogP contribution in [-0.2, 0) is 10.8 Å². The number of benzene rings is 3. The van der Waals surface area contributed by atoms with E-state index in [0.29, 0.717) is 0 Å². The second-order valence-electron chi connectivity index (χ2n) is 11.9. The zero-order chi connectivity index (χ0) is 27.1. The summed E-state index contributed by atoms with van der Waals surface area (Å²) in [5.74, 6) is 0. The Morgan fingerprint density at radius 3 is 1.84 bits per heavy atom. The van der Waals surface area contributed by atoms with Crippen LogP contribution in [0.4, 0.5) is 11.4 Å². The zero-order valence-corrected chi connectivity index (χ0v) is 22.7. The first-order chi connectivity index (χ1) is 18.0. The van der Waals surface area contributed by atoms with Crippen molar-refractivity contribution in [2.45, 2.75) is 50.6 Å². The average molecular weight is 505 g/mol. The van der Waals surface area contributed by atoms with Crippen LogP contribution in [0.1, 0.15) is 38.8 Å². The minimum absolute atomic E-state index is 0.0135. The molecule has 0 radical (unpaired) electrons. The Bertz CT molecular complexity index is 1890. The normalized spacial score (nSPS) is 22.4. The molecule has 6 rings (SSSR count). The Morgan fingerprint density at radius 1 is 0.632 bits per heavy atom. The van der Waals surface area contributed by atoms with E-state index in [2.05, 4.69) is 67.8 Å². The topological polar surface area (TPSA) is 57.7 Å². The van der Waals surface area contributed by atoms with Crippen LogP contribution in [0.2, 0.25) is 0 Å². The SMILES string of the molecule is CN1c2ccccc2C(C)(C)C1C=c1c(=O)c(=O)c(=CC2N(C)c3ccc4ccccc4c3C2(C)C)c1=O. The van der Waals surface area contributed by atoms with Crippen molar-refractivity contribution in [3.8, 4) is 0 Å². The van der Waals surface area contributed by atoms with Gasteiger partial charge in [-0.1, -0.05) is 76.2 Å². The zero-order valence-electron chi connectivity index (χ0n) is 22.7. The molecule has 0 amide bonds. The van der Waals surface area contributed by atoms with Gasteiger partial charge in [0.05, 0.1) is 22.5 Å². The number of fused-ring (bicyclic) bond motifs is 4. The standard InChI is InChI=1S/C33H32N2O3/c1-32(2)23-13-9-10-14-24(23)34(5)26(32)17-21-29(36)22(31(38)30(21)37)18-27-33(3,4)28-20-12-8-7-11-19(20)15-16-25(28)35(27)6/h7-18,26-27H,1-6H3. The Balaban J connectivity index is 1.51. The molecule has 0 aliphatic carbocycles. The van der Waals surface area contributed by atoms with E-state index in [4.69, 9.17) is 0 Å². The maximum absolute atomic E-state index is 13.7. The lowest BCUT2D eigenvalue weighted by Gasteiger charge is -2.29. The number of hydrogen-bond acceptors (Lipinski definition) is 5. The van der Waals surface area contributed by atoms with Crippen LogP contribution >= 0.6 is 0 Å². The predicted octanol–water partition coefficient (Wildman–Crippen LogP) is 2.95. The summed E-state index contributed by atoms with van der Waals surface area (Å²) in [6.07, 6.45) is 3.45. The summed E-state index contributed by atoms with van der Waals surface area (Å²) in [6.45, 7) is 8.49. The highest BCUT2D eigenvalue weighted by Crippen LogP contribution is 2.48. The van der Waals surface area contributed by atoms with Crippen LogP contribution in [0.25, 0.3) is 22.9 Å². The summed E-state index contributed by atoms with van der Waals surface area (Å²) in [5.41, 5.74) is 1.89. The Labute approximate surface area is 221 Å². The molecule has 2 unspecified atom stereocenters. The van der Waals surface area contributed by atoms with E-state index < -0.39 is 16.3 Å². The molecule has 2 aliphatic heterocycles. The molecule has 0 saturated heterocycles. The monoisotopic (exact) mass is 504 g/mol. The molecule has 0 aromatic heterocycles. The average Bonchev–Trinajstić information content (AvgIpc) is 3.31. The van der Waals surface area contributed by atoms with Gasteiger partial charge >= 0.3 is 0 Å². The summed E-state index contributed by atoms with van der Waals surface area (Å²) in [5, 5.41) is 2.29. The maximum atomic E-state index is 13.7. The Hall–Kier alpha value is -3.99. The number of rotatable bonds is 2. The first-order valence-corrected chi connectivity index (χ1v) is 13.1. The van der Waals surface area contributed by atoms with Gasteiger partial charge in [-0.25, -0.2) is 0 Å². The molecule has 4 aromatic carbocycles. The molecule has 0 N–H and O–H groups in total. The Kier molecular flexibility index (Phi) is 5.13. The van der Waals surface area contributed by atoms with Gasteiger partial charge in [0.2, 0.25) is 16.3 Å². The Morgan fingerprint density at radius 2 is 1.18 bits per heavy atom. The lowest BCUT2D eigenvalue weighted by atomic mass is 9.78. The molecule has 5 nitrogen and oxygen atoms in total. The van der Waals surface area contributed by atoms with Gasteiger partial charge in [0.15, 0.2) is 0 Å². The van der Waals surface area contributed by atoms with Crippen molar-refractivity contribution in [2.24, 2.45) is 0 Å². The third-order valence-electron chi connectivity index (χ3n) is 9.06. The third kappa shape index (κ3) is 3.14. The molecule has 2 aliphatic rings. The van der Waals surface area contributed by atoms with Gasteiger partial charge in [-0.15, -0.1) is 0 Å². The number of nitrogens with zero attached hydrogens (tertiary/aromatic N) is 2. The fraction of sp³-hybridized carbons (Fsp3) is 0.303. The highest BCUT2D eigenvalue weighted by Gasteiger charge is 2.44. The van der Waals surface area contributed by atoms with Crippen LogP contribution in [0, 0.1) is 0 Å². The quantitative estimate of drug-likeness (QED) is 0.393. The minimum Gasteiger partial charge on any atom is -0.367 e. The molecular weight excluding hydrogens is 472 g/mol. The molecule has 4 aromatic rings. The molecule has 5 heteroatoms. The van der Waals surface area contributed by atoms with Gasteiger partial charge in [-0.05, 0) is 46.2 Å². The van der Waals surface area contributed by atoms with Crippen LogP contribution in [0.5, 0.6) is 0 Å². The molecule has 0 saturated carbocycles. The van der Waals surface area contributed by atoms with Crippen molar-refractivity contribution in [3.63, 3.8) is 0 Å². The van der Waals surface area contributed by atoms with Gasteiger partial charge in [-0.3, -0.25) is 14.4 Å². The van der Waals surface area contributed by atoms with E-state index in [1.54, 1.807) is 12.2 Å². The number of anilines is 2. The van der Waals surface area contributed by atoms with E-state index in [-0.39, 0.29) is 33.4 Å². The van der Waals surface area contributed by atoms with E-state index in [1.807, 2.05) is 44.4 Å². The molecular formula is C33H32N2O3. The van der Waals surface area contributed by atoms with Crippen molar-refractivity contribution in [1.29, 1.82) is 0 Å².